The molecule has 1 aromatic carbocycles. The Bertz CT molecular complexity index is 669. The quantitative estimate of drug-likeness (QED) is 0.861. The summed E-state index contributed by atoms with van der Waals surface area (Å²) in [5, 5.41) is 4.93. The Morgan fingerprint density at radius 1 is 1.45 bits per heavy atom. The van der Waals surface area contributed by atoms with Crippen LogP contribution in [0.1, 0.15) is 22.8 Å². The number of aromatic nitrogens is 1. The molecule has 1 amide bonds. The summed E-state index contributed by atoms with van der Waals surface area (Å²) < 4.78 is 5.34. The average Bonchev–Trinajstić information content (AvgIpc) is 2.91. The molecule has 20 heavy (non-hydrogen) atoms. The van der Waals surface area contributed by atoms with Crippen molar-refractivity contribution in [1.29, 1.82) is 0 Å². The highest BCUT2D eigenvalue weighted by atomic mass is 32.1. The summed E-state index contributed by atoms with van der Waals surface area (Å²) in [5.41, 5.74) is 0.129. The summed E-state index contributed by atoms with van der Waals surface area (Å²) in [6.45, 7) is 1.61. The zero-order valence-corrected chi connectivity index (χ0v) is 11.6. The summed E-state index contributed by atoms with van der Waals surface area (Å²) in [6, 6.07) is 7.16. The minimum Gasteiger partial charge on any atom is -0.445 e. The number of nitrogens with zero attached hydrogens (tertiary/aromatic N) is 1. The van der Waals surface area contributed by atoms with Gasteiger partial charge >= 0.3 is 5.97 Å². The van der Waals surface area contributed by atoms with E-state index in [-0.39, 0.29) is 5.91 Å². The van der Waals surface area contributed by atoms with Crippen LogP contribution in [-0.4, -0.2) is 22.5 Å². The topological polar surface area (TPSA) is 68.3 Å². The third-order valence-electron chi connectivity index (χ3n) is 3.22. The van der Waals surface area contributed by atoms with Crippen LogP contribution in [0.2, 0.25) is 0 Å². The van der Waals surface area contributed by atoms with Crippen LogP contribution >= 0.6 is 11.3 Å². The van der Waals surface area contributed by atoms with E-state index in [2.05, 4.69) is 10.3 Å². The second kappa shape index (κ2) is 4.72. The van der Waals surface area contributed by atoms with Gasteiger partial charge in [-0.05, 0) is 18.6 Å². The fourth-order valence-electron chi connectivity index (χ4n) is 2.17. The molecule has 2 aromatic rings. The Balaban J connectivity index is 1.87. The molecular weight excluding hydrogens is 276 g/mol. The van der Waals surface area contributed by atoms with Crippen LogP contribution in [0.4, 0.5) is 5.13 Å². The van der Waals surface area contributed by atoms with E-state index in [1.165, 1.54) is 11.3 Å². The van der Waals surface area contributed by atoms with Crippen molar-refractivity contribution in [2.75, 3.05) is 5.32 Å². The number of cyclic esters (lactones) is 1. The first-order chi connectivity index (χ1) is 9.58. The first kappa shape index (κ1) is 12.8. The molecule has 0 bridgehead atoms. The molecule has 0 saturated heterocycles. The number of thiazole rings is 1. The van der Waals surface area contributed by atoms with Crippen molar-refractivity contribution in [2.45, 2.75) is 18.9 Å². The highest BCUT2D eigenvalue weighted by Gasteiger charge is 2.42. The summed E-state index contributed by atoms with van der Waals surface area (Å²) in [7, 11) is 0. The van der Waals surface area contributed by atoms with Crippen LogP contribution in [-0.2, 0) is 16.0 Å². The zero-order chi connectivity index (χ0) is 14.2. The van der Waals surface area contributed by atoms with Crippen molar-refractivity contribution >= 4 is 28.3 Å². The molecule has 3 rings (SSSR count). The smallest absolute Gasteiger partial charge is 0.339 e. The number of benzene rings is 1. The molecule has 1 aliphatic heterocycles. The standard InChI is InChI=1S/C14H12N2O3S/c1-14(12(18)16-13-15-6-7-20-13)8-9-4-2-3-5-10(9)11(17)19-14/h2-7H,8H2,1H3,(H,15,16,18)/t14-/m0/s1. The molecule has 2 heterocycles. The van der Waals surface area contributed by atoms with Gasteiger partial charge in [0.25, 0.3) is 5.91 Å². The van der Waals surface area contributed by atoms with Gasteiger partial charge in [-0.1, -0.05) is 18.2 Å². The molecule has 102 valence electrons. The van der Waals surface area contributed by atoms with Gasteiger partial charge in [0.15, 0.2) is 10.7 Å². The average molecular weight is 288 g/mol. The number of amides is 1. The largest absolute Gasteiger partial charge is 0.445 e. The van der Waals surface area contributed by atoms with Gasteiger partial charge in [0.05, 0.1) is 5.56 Å². The lowest BCUT2D eigenvalue weighted by atomic mass is 9.89. The number of nitrogens with one attached hydrogen (secondary N) is 1. The maximum absolute atomic E-state index is 12.3. The number of esters is 1. The van der Waals surface area contributed by atoms with Gasteiger partial charge in [-0.2, -0.15) is 0 Å². The van der Waals surface area contributed by atoms with Gasteiger partial charge in [-0.25, -0.2) is 9.78 Å². The van der Waals surface area contributed by atoms with E-state index >= 15 is 0 Å². The second-order valence-electron chi connectivity index (χ2n) is 4.75. The van der Waals surface area contributed by atoms with Gasteiger partial charge < -0.3 is 4.74 Å². The van der Waals surface area contributed by atoms with Gasteiger partial charge in [0, 0.05) is 18.0 Å². The maximum atomic E-state index is 12.3. The van der Waals surface area contributed by atoms with Crippen LogP contribution in [0.15, 0.2) is 35.8 Å². The van der Waals surface area contributed by atoms with Crippen molar-refractivity contribution in [3.8, 4) is 0 Å². The first-order valence-electron chi connectivity index (χ1n) is 6.11. The molecule has 1 N–H and O–H groups in total. The summed E-state index contributed by atoms with van der Waals surface area (Å²) in [4.78, 5) is 28.3. The predicted octanol–water partition coefficient (Wildman–Crippen LogP) is 2.25. The molecule has 5 nitrogen and oxygen atoms in total. The van der Waals surface area contributed by atoms with Gasteiger partial charge in [0.2, 0.25) is 0 Å². The third-order valence-corrected chi connectivity index (χ3v) is 3.90. The number of ether oxygens (including phenoxy) is 1. The van der Waals surface area contributed by atoms with Crippen LogP contribution in [0.25, 0.3) is 0 Å². The Morgan fingerprint density at radius 3 is 3.00 bits per heavy atom. The van der Waals surface area contributed by atoms with Crippen molar-refractivity contribution in [1.82, 2.24) is 4.98 Å². The lowest BCUT2D eigenvalue weighted by Crippen LogP contribution is -2.48. The fourth-order valence-corrected chi connectivity index (χ4v) is 2.70. The Hall–Kier alpha value is -2.21. The molecule has 1 atom stereocenters. The molecule has 0 saturated carbocycles. The number of hydrogen-bond acceptors (Lipinski definition) is 5. The van der Waals surface area contributed by atoms with Crippen LogP contribution in [0.5, 0.6) is 0 Å². The second-order valence-corrected chi connectivity index (χ2v) is 5.64. The Kier molecular flexibility index (Phi) is 3.02. The summed E-state index contributed by atoms with van der Waals surface area (Å²) >= 11 is 1.32. The molecule has 1 aromatic heterocycles. The van der Waals surface area contributed by atoms with Gasteiger partial charge in [-0.15, -0.1) is 11.3 Å². The first-order valence-corrected chi connectivity index (χ1v) is 6.99. The highest BCUT2D eigenvalue weighted by molar-refractivity contribution is 7.13. The molecule has 0 spiro atoms. The predicted molar refractivity (Wildman–Crippen MR) is 74.7 cm³/mol. The third kappa shape index (κ3) is 2.18. The molecule has 1 aliphatic rings. The number of fused-ring (bicyclic) bond motifs is 1. The minimum absolute atomic E-state index is 0.353. The molecule has 0 fully saturated rings. The highest BCUT2D eigenvalue weighted by Crippen LogP contribution is 2.29. The zero-order valence-electron chi connectivity index (χ0n) is 10.8. The van der Waals surface area contributed by atoms with E-state index in [0.29, 0.717) is 17.1 Å². The SMILES string of the molecule is C[C@@]1(C(=O)Nc2nccs2)Cc2ccccc2C(=O)O1. The van der Waals surface area contributed by atoms with E-state index in [4.69, 9.17) is 4.74 Å². The van der Waals surface area contributed by atoms with Crippen LogP contribution < -0.4 is 5.32 Å². The van der Waals surface area contributed by atoms with Crippen LogP contribution in [0, 0.1) is 0 Å². The number of rotatable bonds is 2. The summed E-state index contributed by atoms with van der Waals surface area (Å²) in [5.74, 6) is -0.834. The van der Waals surface area contributed by atoms with Crippen LogP contribution in [0.3, 0.4) is 0 Å². The van der Waals surface area contributed by atoms with Gasteiger partial charge in [-0.3, -0.25) is 10.1 Å². The number of carbonyl (C=O) groups is 2. The molecule has 6 heteroatoms. The van der Waals surface area contributed by atoms with Gasteiger partial charge in [0.1, 0.15) is 0 Å². The van der Waals surface area contributed by atoms with Crippen molar-refractivity contribution in [2.24, 2.45) is 0 Å². The molecule has 0 aliphatic carbocycles. The Labute approximate surface area is 119 Å². The fraction of sp³-hybridized carbons (Fsp3) is 0.214. The van der Waals surface area contributed by atoms with Crippen molar-refractivity contribution < 1.29 is 14.3 Å². The van der Waals surface area contributed by atoms with Crippen molar-refractivity contribution in [3.05, 3.63) is 47.0 Å². The summed E-state index contributed by atoms with van der Waals surface area (Å²) in [6.07, 6.45) is 1.96. The van der Waals surface area contributed by atoms with E-state index in [9.17, 15) is 9.59 Å². The molecule has 0 unspecified atom stereocenters. The Morgan fingerprint density at radius 2 is 2.25 bits per heavy atom. The molecular formula is C14H12N2O3S. The minimum atomic E-state index is -1.21. The lowest BCUT2D eigenvalue weighted by Gasteiger charge is -2.32. The number of hydrogen-bond donors (Lipinski definition) is 1. The van der Waals surface area contributed by atoms with E-state index in [1.807, 2.05) is 12.1 Å². The monoisotopic (exact) mass is 288 g/mol. The maximum Gasteiger partial charge on any atom is 0.339 e. The van der Waals surface area contributed by atoms with E-state index in [1.54, 1.807) is 30.6 Å². The lowest BCUT2D eigenvalue weighted by molar-refractivity contribution is -0.134. The normalized spacial score (nSPS) is 20.9. The number of carbonyl (C=O) groups excluding carboxylic acids is 2. The van der Waals surface area contributed by atoms with Crippen molar-refractivity contribution in [3.63, 3.8) is 0 Å². The number of anilines is 1. The van der Waals surface area contributed by atoms with E-state index < -0.39 is 11.6 Å². The molecule has 0 radical (unpaired) electrons. The van der Waals surface area contributed by atoms with E-state index in [0.717, 1.165) is 5.56 Å².